The van der Waals surface area contributed by atoms with Gasteiger partial charge in [-0.1, -0.05) is 0 Å². The molecule has 0 aliphatic heterocycles. The first-order valence-corrected chi connectivity index (χ1v) is 5.06. The van der Waals surface area contributed by atoms with Crippen molar-refractivity contribution in [3.63, 3.8) is 0 Å². The number of rotatable bonds is 3. The van der Waals surface area contributed by atoms with Crippen LogP contribution in [0.25, 0.3) is 0 Å². The first-order valence-electron chi connectivity index (χ1n) is 5.06. The van der Waals surface area contributed by atoms with Crippen LogP contribution in [0.2, 0.25) is 0 Å². The number of hydrogen-bond acceptors (Lipinski definition) is 2. The van der Waals surface area contributed by atoms with Gasteiger partial charge in [-0.3, -0.25) is 4.98 Å². The molecule has 3 nitrogen and oxygen atoms in total. The van der Waals surface area contributed by atoms with Crippen LogP contribution in [0.5, 0.6) is 0 Å². The van der Waals surface area contributed by atoms with E-state index in [2.05, 4.69) is 28.0 Å². The highest BCUT2D eigenvalue weighted by Crippen LogP contribution is 2.11. The van der Waals surface area contributed by atoms with Crippen LogP contribution in [0.3, 0.4) is 0 Å². The molecule has 0 aromatic carbocycles. The van der Waals surface area contributed by atoms with E-state index in [1.807, 2.05) is 31.5 Å². The van der Waals surface area contributed by atoms with Gasteiger partial charge in [0, 0.05) is 37.4 Å². The molecule has 2 aromatic rings. The Morgan fingerprint density at radius 1 is 1.33 bits per heavy atom. The minimum atomic E-state index is 0.101. The third-order valence-corrected chi connectivity index (χ3v) is 2.41. The molecule has 2 heterocycles. The normalized spacial score (nSPS) is 12.7. The van der Waals surface area contributed by atoms with Crippen LogP contribution in [-0.2, 0) is 6.54 Å². The van der Waals surface area contributed by atoms with Crippen molar-refractivity contribution in [1.29, 1.82) is 0 Å². The zero-order valence-corrected chi connectivity index (χ0v) is 8.80. The second-order valence-corrected chi connectivity index (χ2v) is 3.76. The van der Waals surface area contributed by atoms with E-state index in [1.165, 1.54) is 11.1 Å². The molecule has 0 saturated heterocycles. The first-order chi connectivity index (χ1) is 7.25. The average Bonchev–Trinajstić information content (AvgIpc) is 2.68. The summed E-state index contributed by atoms with van der Waals surface area (Å²) in [5.74, 6) is 0. The van der Waals surface area contributed by atoms with Gasteiger partial charge >= 0.3 is 0 Å². The maximum absolute atomic E-state index is 5.80. The van der Waals surface area contributed by atoms with E-state index in [9.17, 15) is 0 Å². The molecule has 0 fully saturated rings. The molecule has 78 valence electrons. The molecule has 0 spiro atoms. The van der Waals surface area contributed by atoms with Gasteiger partial charge in [-0.25, -0.2) is 0 Å². The fourth-order valence-corrected chi connectivity index (χ4v) is 1.53. The Hall–Kier alpha value is -1.61. The standard InChI is InChI=1S/C12H15N3/c1-10(13)12-4-7-15(9-12)8-11-2-5-14-6-3-11/h2-7,9-10H,8,13H2,1H3. The zero-order chi connectivity index (χ0) is 10.7. The highest BCUT2D eigenvalue weighted by atomic mass is 14.9. The lowest BCUT2D eigenvalue weighted by Gasteiger charge is -2.03. The van der Waals surface area contributed by atoms with E-state index < -0.39 is 0 Å². The van der Waals surface area contributed by atoms with Gasteiger partial charge in [0.2, 0.25) is 0 Å². The zero-order valence-electron chi connectivity index (χ0n) is 8.80. The Morgan fingerprint density at radius 2 is 2.07 bits per heavy atom. The van der Waals surface area contributed by atoms with Gasteiger partial charge in [-0.05, 0) is 36.2 Å². The Kier molecular flexibility index (Phi) is 2.83. The van der Waals surface area contributed by atoms with Gasteiger partial charge in [0.05, 0.1) is 0 Å². The van der Waals surface area contributed by atoms with Crippen LogP contribution in [0, 0.1) is 0 Å². The quantitative estimate of drug-likeness (QED) is 0.824. The van der Waals surface area contributed by atoms with E-state index >= 15 is 0 Å². The lowest BCUT2D eigenvalue weighted by atomic mass is 10.2. The highest BCUT2D eigenvalue weighted by molar-refractivity contribution is 5.17. The number of nitrogens with zero attached hydrogens (tertiary/aromatic N) is 2. The second kappa shape index (κ2) is 4.28. The average molecular weight is 201 g/mol. The van der Waals surface area contributed by atoms with Crippen LogP contribution in [0.1, 0.15) is 24.1 Å². The molecule has 2 N–H and O–H groups in total. The molecule has 0 radical (unpaired) electrons. The van der Waals surface area contributed by atoms with E-state index in [0.29, 0.717) is 0 Å². The lowest BCUT2D eigenvalue weighted by molar-refractivity contribution is 0.777. The molecule has 2 aromatic heterocycles. The maximum Gasteiger partial charge on any atom is 0.0471 e. The van der Waals surface area contributed by atoms with Crippen molar-refractivity contribution in [3.05, 3.63) is 54.1 Å². The van der Waals surface area contributed by atoms with Gasteiger partial charge in [0.25, 0.3) is 0 Å². The molecule has 3 heteroatoms. The summed E-state index contributed by atoms with van der Waals surface area (Å²) >= 11 is 0. The molecule has 1 atom stereocenters. The maximum atomic E-state index is 5.80. The largest absolute Gasteiger partial charge is 0.350 e. The number of aromatic nitrogens is 2. The predicted molar refractivity (Wildman–Crippen MR) is 60.4 cm³/mol. The molecular weight excluding hydrogens is 186 g/mol. The summed E-state index contributed by atoms with van der Waals surface area (Å²) in [5.41, 5.74) is 8.21. The summed E-state index contributed by atoms with van der Waals surface area (Å²) in [6.07, 6.45) is 7.76. The van der Waals surface area contributed by atoms with Crippen LogP contribution in [0.4, 0.5) is 0 Å². The number of pyridine rings is 1. The predicted octanol–water partition coefficient (Wildman–Crippen LogP) is 1.95. The molecule has 1 unspecified atom stereocenters. The molecule has 2 rings (SSSR count). The Labute approximate surface area is 89.6 Å². The van der Waals surface area contributed by atoms with Crippen LogP contribution < -0.4 is 5.73 Å². The fourth-order valence-electron chi connectivity index (χ4n) is 1.53. The number of nitrogens with two attached hydrogens (primary N) is 1. The van der Waals surface area contributed by atoms with Gasteiger partial charge in [-0.15, -0.1) is 0 Å². The van der Waals surface area contributed by atoms with Crippen molar-refractivity contribution in [2.75, 3.05) is 0 Å². The molecular formula is C12H15N3. The first kappa shape index (κ1) is 9.93. The minimum absolute atomic E-state index is 0.101. The van der Waals surface area contributed by atoms with Crippen molar-refractivity contribution in [3.8, 4) is 0 Å². The van der Waals surface area contributed by atoms with Crippen molar-refractivity contribution in [1.82, 2.24) is 9.55 Å². The Bertz CT molecular complexity index is 417. The number of hydrogen-bond donors (Lipinski definition) is 1. The second-order valence-electron chi connectivity index (χ2n) is 3.76. The van der Waals surface area contributed by atoms with Crippen LogP contribution >= 0.6 is 0 Å². The van der Waals surface area contributed by atoms with Gasteiger partial charge < -0.3 is 10.3 Å². The van der Waals surface area contributed by atoms with Crippen molar-refractivity contribution in [2.45, 2.75) is 19.5 Å². The summed E-state index contributed by atoms with van der Waals surface area (Å²) in [6.45, 7) is 2.86. The van der Waals surface area contributed by atoms with E-state index in [1.54, 1.807) is 0 Å². The van der Waals surface area contributed by atoms with E-state index in [-0.39, 0.29) is 6.04 Å². The summed E-state index contributed by atoms with van der Waals surface area (Å²) in [4.78, 5) is 3.99. The molecule has 0 bridgehead atoms. The third kappa shape index (κ3) is 2.44. The molecule has 15 heavy (non-hydrogen) atoms. The highest BCUT2D eigenvalue weighted by Gasteiger charge is 2.01. The van der Waals surface area contributed by atoms with E-state index in [0.717, 1.165) is 6.54 Å². The molecule has 0 aliphatic rings. The molecule has 0 amide bonds. The summed E-state index contributed by atoms with van der Waals surface area (Å²) in [5, 5.41) is 0. The summed E-state index contributed by atoms with van der Waals surface area (Å²) < 4.78 is 2.13. The van der Waals surface area contributed by atoms with Crippen LogP contribution in [-0.4, -0.2) is 9.55 Å². The van der Waals surface area contributed by atoms with Crippen molar-refractivity contribution in [2.24, 2.45) is 5.73 Å². The van der Waals surface area contributed by atoms with Gasteiger partial charge in [0.15, 0.2) is 0 Å². The monoisotopic (exact) mass is 201 g/mol. The van der Waals surface area contributed by atoms with Gasteiger partial charge in [0.1, 0.15) is 0 Å². The third-order valence-electron chi connectivity index (χ3n) is 2.41. The van der Waals surface area contributed by atoms with Gasteiger partial charge in [-0.2, -0.15) is 0 Å². The topological polar surface area (TPSA) is 43.8 Å². The molecule has 0 aliphatic carbocycles. The Morgan fingerprint density at radius 3 is 2.67 bits per heavy atom. The molecule has 0 saturated carbocycles. The van der Waals surface area contributed by atoms with E-state index in [4.69, 9.17) is 5.73 Å². The Balaban J connectivity index is 2.12. The van der Waals surface area contributed by atoms with Crippen LogP contribution in [0.15, 0.2) is 43.0 Å². The van der Waals surface area contributed by atoms with Crippen molar-refractivity contribution >= 4 is 0 Å². The SMILES string of the molecule is CC(N)c1ccn(Cc2ccncc2)c1. The van der Waals surface area contributed by atoms with Crippen molar-refractivity contribution < 1.29 is 0 Å². The minimum Gasteiger partial charge on any atom is -0.350 e. The lowest BCUT2D eigenvalue weighted by Crippen LogP contribution is -2.03. The fraction of sp³-hybridized carbons (Fsp3) is 0.250. The summed E-state index contributed by atoms with van der Waals surface area (Å²) in [6, 6.07) is 6.20. The smallest absolute Gasteiger partial charge is 0.0471 e. The summed E-state index contributed by atoms with van der Waals surface area (Å²) in [7, 11) is 0.